The number of aromatic nitrogens is 1. The summed E-state index contributed by atoms with van der Waals surface area (Å²) in [5.74, 6) is -0.115. The van der Waals surface area contributed by atoms with Gasteiger partial charge in [0, 0.05) is 16.7 Å². The summed E-state index contributed by atoms with van der Waals surface area (Å²) in [6.07, 6.45) is 5.53. The Balaban J connectivity index is 0.00000176. The summed E-state index contributed by atoms with van der Waals surface area (Å²) in [5.41, 5.74) is 8.69. The van der Waals surface area contributed by atoms with Gasteiger partial charge < -0.3 is 11.1 Å². The van der Waals surface area contributed by atoms with Crippen LogP contribution in [0.3, 0.4) is 0 Å². The second-order valence-corrected chi connectivity index (χ2v) is 7.33. The van der Waals surface area contributed by atoms with Crippen LogP contribution < -0.4 is 11.1 Å². The van der Waals surface area contributed by atoms with E-state index in [0.717, 1.165) is 29.3 Å². The van der Waals surface area contributed by atoms with Crippen LogP contribution in [0.15, 0.2) is 5.38 Å². The van der Waals surface area contributed by atoms with Gasteiger partial charge in [0.2, 0.25) is 0 Å². The van der Waals surface area contributed by atoms with Gasteiger partial charge in [-0.1, -0.05) is 0 Å². The molecule has 0 radical (unpaired) electrons. The zero-order valence-electron chi connectivity index (χ0n) is 12.5. The first-order valence-electron chi connectivity index (χ1n) is 7.26. The molecule has 0 unspecified atom stereocenters. The summed E-state index contributed by atoms with van der Waals surface area (Å²) < 4.78 is 0. The number of aryl methyl sites for hydroxylation is 1. The summed E-state index contributed by atoms with van der Waals surface area (Å²) in [4.78, 5) is 18.1. The maximum absolute atomic E-state index is 12.3. The monoisotopic (exact) mass is 357 g/mol. The number of rotatable bonds is 4. The predicted octanol–water partition coefficient (Wildman–Crippen LogP) is 3.57. The molecule has 2 aromatic heterocycles. The van der Waals surface area contributed by atoms with Gasteiger partial charge in [-0.2, -0.15) is 0 Å². The largest absolute Gasteiger partial charge is 0.330 e. The molecule has 1 amide bonds. The van der Waals surface area contributed by atoms with E-state index in [1.807, 2.05) is 5.38 Å². The molecule has 22 heavy (non-hydrogen) atoms. The Hall–Kier alpha value is -0.950. The molecule has 120 valence electrons. The third kappa shape index (κ3) is 3.51. The van der Waals surface area contributed by atoms with Crippen molar-refractivity contribution in [2.24, 2.45) is 5.73 Å². The van der Waals surface area contributed by atoms with Gasteiger partial charge in [0.25, 0.3) is 5.91 Å². The predicted molar refractivity (Wildman–Crippen MR) is 95.8 cm³/mol. The number of thiazole rings is 1. The van der Waals surface area contributed by atoms with E-state index < -0.39 is 0 Å². The van der Waals surface area contributed by atoms with Gasteiger partial charge in [0.1, 0.15) is 5.69 Å². The first kappa shape index (κ1) is 17.4. The number of fused-ring (bicyclic) bond motifs is 1. The van der Waals surface area contributed by atoms with Crippen molar-refractivity contribution in [2.75, 3.05) is 11.9 Å². The van der Waals surface area contributed by atoms with Crippen LogP contribution in [0.1, 0.15) is 44.3 Å². The normalized spacial score (nSPS) is 13.4. The van der Waals surface area contributed by atoms with Crippen LogP contribution in [-0.2, 0) is 19.3 Å². The van der Waals surface area contributed by atoms with Crippen molar-refractivity contribution in [3.63, 3.8) is 0 Å². The minimum Gasteiger partial charge on any atom is -0.330 e. The minimum absolute atomic E-state index is 0. The maximum Gasteiger partial charge on any atom is 0.275 e. The van der Waals surface area contributed by atoms with Crippen molar-refractivity contribution >= 4 is 46.0 Å². The van der Waals surface area contributed by atoms with E-state index in [9.17, 15) is 4.79 Å². The molecule has 4 nitrogen and oxygen atoms in total. The Kier molecular flexibility index (Phi) is 5.97. The van der Waals surface area contributed by atoms with Crippen molar-refractivity contribution in [3.8, 4) is 0 Å². The number of carbonyl (C=O) groups is 1. The smallest absolute Gasteiger partial charge is 0.275 e. The number of nitrogens with one attached hydrogen (secondary N) is 1. The number of nitrogens with zero attached hydrogens (tertiary/aromatic N) is 1. The number of anilines is 1. The highest BCUT2D eigenvalue weighted by atomic mass is 35.5. The van der Waals surface area contributed by atoms with Crippen molar-refractivity contribution in [3.05, 3.63) is 32.1 Å². The van der Waals surface area contributed by atoms with Gasteiger partial charge in [-0.25, -0.2) is 4.98 Å². The van der Waals surface area contributed by atoms with Gasteiger partial charge in [0.05, 0.1) is 10.0 Å². The van der Waals surface area contributed by atoms with E-state index in [0.29, 0.717) is 12.2 Å². The highest BCUT2D eigenvalue weighted by Crippen LogP contribution is 2.37. The number of amides is 1. The minimum atomic E-state index is -0.115. The van der Waals surface area contributed by atoms with E-state index in [4.69, 9.17) is 5.73 Å². The first-order valence-corrected chi connectivity index (χ1v) is 8.95. The molecule has 0 spiro atoms. The molecule has 0 atom stereocenters. The summed E-state index contributed by atoms with van der Waals surface area (Å²) in [6, 6.07) is 0. The molecule has 3 rings (SSSR count). The third-order valence-corrected chi connectivity index (χ3v) is 6.02. The van der Waals surface area contributed by atoms with Crippen LogP contribution in [0.2, 0.25) is 0 Å². The molecule has 2 heterocycles. The van der Waals surface area contributed by atoms with Crippen LogP contribution in [-0.4, -0.2) is 17.4 Å². The van der Waals surface area contributed by atoms with Gasteiger partial charge in [-0.15, -0.1) is 35.1 Å². The van der Waals surface area contributed by atoms with Crippen LogP contribution in [0, 0.1) is 6.92 Å². The Bertz CT molecular complexity index is 666. The Morgan fingerprint density at radius 3 is 2.91 bits per heavy atom. The van der Waals surface area contributed by atoms with Gasteiger partial charge >= 0.3 is 0 Å². The lowest BCUT2D eigenvalue weighted by atomic mass is 9.96. The number of nitrogens with two attached hydrogens (primary N) is 1. The molecule has 0 fully saturated rings. The van der Waals surface area contributed by atoms with Crippen LogP contribution in [0.4, 0.5) is 5.00 Å². The Morgan fingerprint density at radius 1 is 1.41 bits per heavy atom. The highest BCUT2D eigenvalue weighted by Gasteiger charge is 2.20. The second-order valence-electron chi connectivity index (χ2n) is 5.28. The number of thiophene rings is 1. The Labute approximate surface area is 144 Å². The molecule has 0 aromatic carbocycles. The summed E-state index contributed by atoms with van der Waals surface area (Å²) >= 11 is 3.22. The van der Waals surface area contributed by atoms with Crippen LogP contribution in [0.25, 0.3) is 0 Å². The number of halogens is 1. The van der Waals surface area contributed by atoms with Gasteiger partial charge in [-0.3, -0.25) is 4.79 Å². The van der Waals surface area contributed by atoms with E-state index in [1.165, 1.54) is 40.2 Å². The fourth-order valence-electron chi connectivity index (χ4n) is 2.66. The molecular formula is C15H20ClN3OS2. The second kappa shape index (κ2) is 7.55. The van der Waals surface area contributed by atoms with Crippen LogP contribution in [0.5, 0.6) is 0 Å². The molecule has 3 N–H and O–H groups in total. The molecule has 1 aliphatic rings. The molecule has 0 bridgehead atoms. The van der Waals surface area contributed by atoms with Crippen molar-refractivity contribution in [2.45, 2.75) is 39.0 Å². The fraction of sp³-hybridized carbons (Fsp3) is 0.467. The fourth-order valence-corrected chi connectivity index (χ4v) is 4.75. The number of hydrogen-bond donors (Lipinski definition) is 2. The lowest BCUT2D eigenvalue weighted by Gasteiger charge is -2.10. The topological polar surface area (TPSA) is 68.0 Å². The Morgan fingerprint density at radius 2 is 2.18 bits per heavy atom. The standard InChI is InChI=1S/C15H19N3OS2.ClH/c1-9-10-4-2-3-5-12(10)21-15(9)18-14(19)11-8-20-13(17-11)6-7-16;/h8H,2-7,16H2,1H3,(H,18,19);1H. The van der Waals surface area contributed by atoms with E-state index in [-0.39, 0.29) is 18.3 Å². The molecular weight excluding hydrogens is 338 g/mol. The molecule has 1 aliphatic carbocycles. The van der Waals surface area contributed by atoms with Crippen LogP contribution >= 0.6 is 35.1 Å². The first-order chi connectivity index (χ1) is 10.2. The van der Waals surface area contributed by atoms with Gasteiger partial charge in [0.15, 0.2) is 0 Å². The third-order valence-electron chi connectivity index (χ3n) is 3.81. The van der Waals surface area contributed by atoms with Crippen molar-refractivity contribution in [1.82, 2.24) is 4.98 Å². The molecule has 0 aliphatic heterocycles. The highest BCUT2D eigenvalue weighted by molar-refractivity contribution is 7.16. The van der Waals surface area contributed by atoms with Gasteiger partial charge in [-0.05, 0) is 50.3 Å². The molecule has 0 saturated heterocycles. The van der Waals surface area contributed by atoms with Crippen molar-refractivity contribution < 1.29 is 4.79 Å². The lowest BCUT2D eigenvalue weighted by Crippen LogP contribution is -2.12. The maximum atomic E-state index is 12.3. The van der Waals surface area contributed by atoms with E-state index in [2.05, 4.69) is 17.2 Å². The molecule has 7 heteroatoms. The van der Waals surface area contributed by atoms with Crippen molar-refractivity contribution in [1.29, 1.82) is 0 Å². The SMILES string of the molecule is Cc1c(NC(=O)c2csc(CCN)n2)sc2c1CCCC2.Cl. The molecule has 0 saturated carbocycles. The molecule has 2 aromatic rings. The zero-order valence-corrected chi connectivity index (χ0v) is 14.9. The number of hydrogen-bond acceptors (Lipinski definition) is 5. The van der Waals surface area contributed by atoms with E-state index in [1.54, 1.807) is 11.3 Å². The summed E-state index contributed by atoms with van der Waals surface area (Å²) in [6.45, 7) is 2.67. The summed E-state index contributed by atoms with van der Waals surface area (Å²) in [5, 5.41) is 6.75. The average Bonchev–Trinajstić information content (AvgIpc) is 3.06. The van der Waals surface area contributed by atoms with E-state index >= 15 is 0 Å². The lowest BCUT2D eigenvalue weighted by molar-refractivity contribution is 0.102. The zero-order chi connectivity index (χ0) is 14.8. The number of carbonyl (C=O) groups excluding carboxylic acids is 1. The quantitative estimate of drug-likeness (QED) is 0.878. The summed E-state index contributed by atoms with van der Waals surface area (Å²) in [7, 11) is 0. The average molecular weight is 358 g/mol.